The van der Waals surface area contributed by atoms with E-state index in [0.29, 0.717) is 0 Å². The average Bonchev–Trinajstić information content (AvgIpc) is 2.42. The molecule has 0 aliphatic carbocycles. The van der Waals surface area contributed by atoms with Gasteiger partial charge in [0.1, 0.15) is 5.60 Å². The number of hydrogen-bond donors (Lipinski definition) is 0. The van der Waals surface area contributed by atoms with Crippen LogP contribution in [0.25, 0.3) is 0 Å². The summed E-state index contributed by atoms with van der Waals surface area (Å²) in [6.45, 7) is 6.43. The van der Waals surface area contributed by atoms with Gasteiger partial charge in [-0.25, -0.2) is 0 Å². The molecule has 0 amide bonds. The van der Waals surface area contributed by atoms with Crippen molar-refractivity contribution in [1.29, 1.82) is 0 Å². The molecule has 2 aromatic carbocycles. The second kappa shape index (κ2) is 4.95. The molecule has 0 radical (unpaired) electrons. The van der Waals surface area contributed by atoms with E-state index in [9.17, 15) is 0 Å². The third kappa shape index (κ3) is 2.06. The Labute approximate surface area is 109 Å². The molecule has 94 valence electrons. The first-order chi connectivity index (χ1) is 8.59. The molecule has 0 heterocycles. The van der Waals surface area contributed by atoms with Crippen LogP contribution in [0.15, 0.2) is 48.5 Å². The van der Waals surface area contributed by atoms with Crippen LogP contribution < -0.4 is 0 Å². The molecule has 0 N–H and O–H groups in total. The van der Waals surface area contributed by atoms with Gasteiger partial charge in [0.05, 0.1) is 0 Å². The largest absolute Gasteiger partial charge is 0.369 e. The van der Waals surface area contributed by atoms with E-state index >= 15 is 0 Å². The van der Waals surface area contributed by atoms with Gasteiger partial charge in [-0.15, -0.1) is 0 Å². The summed E-state index contributed by atoms with van der Waals surface area (Å²) < 4.78 is 5.85. The Morgan fingerprint density at radius 3 is 2.17 bits per heavy atom. The monoisotopic (exact) mass is 240 g/mol. The van der Waals surface area contributed by atoms with Crippen LogP contribution in [0.5, 0.6) is 0 Å². The van der Waals surface area contributed by atoms with Crippen molar-refractivity contribution in [3.63, 3.8) is 0 Å². The summed E-state index contributed by atoms with van der Waals surface area (Å²) in [4.78, 5) is 0. The lowest BCUT2D eigenvalue weighted by Crippen LogP contribution is -2.27. The Morgan fingerprint density at radius 1 is 0.889 bits per heavy atom. The summed E-state index contributed by atoms with van der Waals surface area (Å²) in [6.07, 6.45) is 0. The quantitative estimate of drug-likeness (QED) is 0.780. The van der Waals surface area contributed by atoms with Crippen LogP contribution in [0.1, 0.15) is 29.2 Å². The molecule has 18 heavy (non-hydrogen) atoms. The summed E-state index contributed by atoms with van der Waals surface area (Å²) in [7, 11) is 1.77. The van der Waals surface area contributed by atoms with Crippen LogP contribution in [-0.2, 0) is 10.3 Å². The summed E-state index contributed by atoms with van der Waals surface area (Å²) in [5.74, 6) is 0. The first kappa shape index (κ1) is 12.8. The second-order valence-corrected chi connectivity index (χ2v) is 4.85. The number of hydrogen-bond acceptors (Lipinski definition) is 1. The molecule has 1 unspecified atom stereocenters. The van der Waals surface area contributed by atoms with Crippen molar-refractivity contribution in [3.05, 3.63) is 70.8 Å². The lowest BCUT2D eigenvalue weighted by molar-refractivity contribution is 0.0385. The van der Waals surface area contributed by atoms with E-state index in [1.54, 1.807) is 7.11 Å². The molecule has 0 aliphatic heterocycles. The summed E-state index contributed by atoms with van der Waals surface area (Å²) in [5.41, 5.74) is 4.62. The molecule has 0 aliphatic rings. The summed E-state index contributed by atoms with van der Waals surface area (Å²) >= 11 is 0. The molecule has 2 rings (SSSR count). The minimum absolute atomic E-state index is 0.392. The molecule has 0 saturated carbocycles. The second-order valence-electron chi connectivity index (χ2n) is 4.85. The Balaban J connectivity index is 2.61. The van der Waals surface area contributed by atoms with E-state index in [0.717, 1.165) is 0 Å². The van der Waals surface area contributed by atoms with Crippen molar-refractivity contribution in [3.8, 4) is 0 Å². The van der Waals surface area contributed by atoms with Crippen molar-refractivity contribution >= 4 is 0 Å². The van der Waals surface area contributed by atoms with E-state index in [4.69, 9.17) is 4.74 Å². The lowest BCUT2D eigenvalue weighted by Gasteiger charge is -2.31. The Kier molecular flexibility index (Phi) is 3.53. The van der Waals surface area contributed by atoms with Crippen LogP contribution >= 0.6 is 0 Å². The van der Waals surface area contributed by atoms with E-state index in [-0.39, 0.29) is 0 Å². The number of rotatable bonds is 3. The van der Waals surface area contributed by atoms with Crippen molar-refractivity contribution < 1.29 is 4.74 Å². The minimum Gasteiger partial charge on any atom is -0.369 e. The fourth-order valence-corrected chi connectivity index (χ4v) is 2.41. The molecule has 1 nitrogen and oxygen atoms in total. The first-order valence-electron chi connectivity index (χ1n) is 6.27. The van der Waals surface area contributed by atoms with Crippen LogP contribution in [0.3, 0.4) is 0 Å². The zero-order valence-corrected chi connectivity index (χ0v) is 11.5. The smallest absolute Gasteiger partial charge is 0.115 e. The van der Waals surface area contributed by atoms with Gasteiger partial charge in [0, 0.05) is 7.11 Å². The van der Waals surface area contributed by atoms with E-state index in [2.05, 4.69) is 63.2 Å². The first-order valence-corrected chi connectivity index (χ1v) is 6.27. The van der Waals surface area contributed by atoms with Crippen molar-refractivity contribution in [2.75, 3.05) is 7.11 Å². The van der Waals surface area contributed by atoms with Crippen LogP contribution in [0, 0.1) is 13.8 Å². The molecule has 0 spiro atoms. The van der Waals surface area contributed by atoms with Gasteiger partial charge < -0.3 is 4.74 Å². The molecule has 0 saturated heterocycles. The van der Waals surface area contributed by atoms with Gasteiger partial charge in [0.2, 0.25) is 0 Å². The van der Waals surface area contributed by atoms with Gasteiger partial charge in [-0.05, 0) is 43.0 Å². The summed E-state index contributed by atoms with van der Waals surface area (Å²) in [6, 6.07) is 16.8. The van der Waals surface area contributed by atoms with Gasteiger partial charge in [-0.3, -0.25) is 0 Å². The zero-order chi connectivity index (χ0) is 13.2. The lowest BCUT2D eigenvalue weighted by atomic mass is 9.84. The number of aryl methyl sites for hydroxylation is 1. The Bertz CT molecular complexity index is 531. The zero-order valence-electron chi connectivity index (χ0n) is 11.5. The van der Waals surface area contributed by atoms with Crippen LogP contribution in [-0.4, -0.2) is 7.11 Å². The highest BCUT2D eigenvalue weighted by atomic mass is 16.5. The van der Waals surface area contributed by atoms with Crippen molar-refractivity contribution in [2.45, 2.75) is 26.4 Å². The van der Waals surface area contributed by atoms with Crippen molar-refractivity contribution in [2.24, 2.45) is 0 Å². The standard InChI is InChI=1S/C17H20O/c1-13-9-8-12-16(14(13)2)17(3,18-4)15-10-6-5-7-11-15/h5-12H,1-4H3. The number of benzene rings is 2. The number of methoxy groups -OCH3 is 1. The normalized spacial score (nSPS) is 14.2. The van der Waals surface area contributed by atoms with Gasteiger partial charge >= 0.3 is 0 Å². The highest BCUT2D eigenvalue weighted by Gasteiger charge is 2.30. The molecule has 2 aromatic rings. The molecular weight excluding hydrogens is 220 g/mol. The van der Waals surface area contributed by atoms with E-state index < -0.39 is 5.60 Å². The van der Waals surface area contributed by atoms with Crippen molar-refractivity contribution in [1.82, 2.24) is 0 Å². The molecule has 1 atom stereocenters. The third-order valence-corrected chi connectivity index (χ3v) is 3.85. The molecular formula is C17H20O. The maximum atomic E-state index is 5.85. The molecule has 0 bridgehead atoms. The predicted molar refractivity (Wildman–Crippen MR) is 75.8 cm³/mol. The highest BCUT2D eigenvalue weighted by Crippen LogP contribution is 2.35. The van der Waals surface area contributed by atoms with Gasteiger partial charge in [0.15, 0.2) is 0 Å². The molecule has 1 heteroatoms. The van der Waals surface area contributed by atoms with Gasteiger partial charge in [-0.1, -0.05) is 48.5 Å². The maximum Gasteiger partial charge on any atom is 0.115 e. The van der Waals surface area contributed by atoms with Gasteiger partial charge in [-0.2, -0.15) is 0 Å². The fraction of sp³-hybridized carbons (Fsp3) is 0.294. The molecule has 0 aromatic heterocycles. The third-order valence-electron chi connectivity index (χ3n) is 3.85. The van der Waals surface area contributed by atoms with Crippen LogP contribution in [0.4, 0.5) is 0 Å². The summed E-state index contributed by atoms with van der Waals surface area (Å²) in [5, 5.41) is 0. The number of ether oxygens (including phenoxy) is 1. The Morgan fingerprint density at radius 2 is 1.56 bits per heavy atom. The fourth-order valence-electron chi connectivity index (χ4n) is 2.41. The maximum absolute atomic E-state index is 5.85. The van der Waals surface area contributed by atoms with Crippen LogP contribution in [0.2, 0.25) is 0 Å². The topological polar surface area (TPSA) is 9.23 Å². The average molecular weight is 240 g/mol. The highest BCUT2D eigenvalue weighted by molar-refractivity contribution is 5.43. The van der Waals surface area contributed by atoms with Gasteiger partial charge in [0.25, 0.3) is 0 Å². The SMILES string of the molecule is COC(C)(c1ccccc1)c1cccc(C)c1C. The molecule has 0 fully saturated rings. The van der Waals surface area contributed by atoms with E-state index in [1.165, 1.54) is 22.3 Å². The minimum atomic E-state index is -0.392. The predicted octanol–water partition coefficient (Wildman–Crippen LogP) is 4.21. The Hall–Kier alpha value is -1.60. The van der Waals surface area contributed by atoms with E-state index in [1.807, 2.05) is 6.07 Å².